The van der Waals surface area contributed by atoms with E-state index in [0.29, 0.717) is 0 Å². The summed E-state index contributed by atoms with van der Waals surface area (Å²) >= 11 is 0. The van der Waals surface area contributed by atoms with Crippen LogP contribution in [0.25, 0.3) is 99.2 Å². The van der Waals surface area contributed by atoms with Crippen molar-refractivity contribution in [3.63, 3.8) is 0 Å². The number of benzene rings is 7. The van der Waals surface area contributed by atoms with E-state index in [1.165, 1.54) is 27.2 Å². The van der Waals surface area contributed by atoms with Gasteiger partial charge in [0, 0.05) is 55.3 Å². The molecule has 0 spiro atoms. The Labute approximate surface area is 274 Å². The van der Waals surface area contributed by atoms with E-state index in [0.717, 1.165) is 72.0 Å². The third-order valence-electron chi connectivity index (χ3n) is 9.93. The van der Waals surface area contributed by atoms with Gasteiger partial charge in [-0.2, -0.15) is 0 Å². The highest BCUT2D eigenvalue weighted by Crippen LogP contribution is 2.43. The van der Waals surface area contributed by atoms with E-state index < -0.39 is 0 Å². The van der Waals surface area contributed by atoms with Crippen LogP contribution < -0.4 is 0 Å². The topological polar surface area (TPSA) is 36.1 Å². The van der Waals surface area contributed by atoms with Crippen molar-refractivity contribution in [1.29, 1.82) is 0 Å². The Kier molecular flexibility index (Phi) is 5.08. The molecule has 7 aromatic carbocycles. The molecule has 0 bridgehead atoms. The molecule has 4 aromatic heterocycles. The Morgan fingerprint density at radius 3 is 1.73 bits per heavy atom. The minimum atomic E-state index is 0.854. The monoisotopic (exact) mass is 614 g/mol. The summed E-state index contributed by atoms with van der Waals surface area (Å²) in [6.07, 6.45) is 0. The summed E-state index contributed by atoms with van der Waals surface area (Å²) in [4.78, 5) is 0. The van der Waals surface area contributed by atoms with Gasteiger partial charge < -0.3 is 13.4 Å². The van der Waals surface area contributed by atoms with Crippen LogP contribution in [-0.2, 0) is 0 Å². The molecule has 0 saturated carbocycles. The maximum atomic E-state index is 6.84. The summed E-state index contributed by atoms with van der Waals surface area (Å²) in [6, 6.07) is 55.7. The molecule has 0 aliphatic heterocycles. The standard InChI is InChI=1S/C44H26N2O2/c1-2-11-28(12-3-1)46-39-20-9-6-15-35(39)42-36-17-10-16-30(43(36)48-44(42)46)27-21-23-33-34-24-22-29(26-41(34)47-40(33)25-27)45-37-18-7-4-13-31(37)32-14-5-8-19-38(32)45/h1-26H. The first-order valence-corrected chi connectivity index (χ1v) is 16.3. The van der Waals surface area contributed by atoms with Crippen LogP contribution in [0.1, 0.15) is 0 Å². The molecule has 0 saturated heterocycles. The molecule has 11 aromatic rings. The number of nitrogens with zero attached hydrogens (tertiary/aromatic N) is 2. The third-order valence-corrected chi connectivity index (χ3v) is 9.93. The van der Waals surface area contributed by atoms with Gasteiger partial charge in [-0.15, -0.1) is 0 Å². The minimum Gasteiger partial charge on any atom is -0.456 e. The Hall–Kier alpha value is -6.52. The number of aromatic nitrogens is 2. The van der Waals surface area contributed by atoms with E-state index >= 15 is 0 Å². The number of hydrogen-bond acceptors (Lipinski definition) is 2. The zero-order valence-electron chi connectivity index (χ0n) is 25.7. The van der Waals surface area contributed by atoms with Gasteiger partial charge in [0.1, 0.15) is 16.7 Å². The van der Waals surface area contributed by atoms with Gasteiger partial charge in [-0.1, -0.05) is 97.1 Å². The lowest BCUT2D eigenvalue weighted by Gasteiger charge is -2.07. The summed E-state index contributed by atoms with van der Waals surface area (Å²) in [5, 5.41) is 8.11. The molecule has 0 unspecified atom stereocenters. The number of hydrogen-bond donors (Lipinski definition) is 0. The lowest BCUT2D eigenvalue weighted by Crippen LogP contribution is -1.93. The maximum Gasteiger partial charge on any atom is 0.213 e. The van der Waals surface area contributed by atoms with Crippen molar-refractivity contribution in [2.45, 2.75) is 0 Å². The van der Waals surface area contributed by atoms with Crippen LogP contribution in [0, 0.1) is 0 Å². The van der Waals surface area contributed by atoms with Crippen LogP contribution >= 0.6 is 0 Å². The van der Waals surface area contributed by atoms with Gasteiger partial charge in [-0.05, 0) is 60.2 Å². The van der Waals surface area contributed by atoms with E-state index in [-0.39, 0.29) is 0 Å². The average molecular weight is 615 g/mol. The lowest BCUT2D eigenvalue weighted by molar-refractivity contribution is 0.646. The van der Waals surface area contributed by atoms with E-state index in [1.54, 1.807) is 0 Å². The minimum absolute atomic E-state index is 0.854. The third kappa shape index (κ3) is 3.43. The Balaban J connectivity index is 1.10. The van der Waals surface area contributed by atoms with Gasteiger partial charge in [0.15, 0.2) is 0 Å². The first-order valence-electron chi connectivity index (χ1n) is 16.3. The van der Waals surface area contributed by atoms with Crippen molar-refractivity contribution in [3.05, 3.63) is 158 Å². The maximum absolute atomic E-state index is 6.84. The highest BCUT2D eigenvalue weighted by molar-refractivity contribution is 6.22. The van der Waals surface area contributed by atoms with Crippen molar-refractivity contribution < 1.29 is 8.83 Å². The first kappa shape index (κ1) is 25.6. The Morgan fingerprint density at radius 2 is 0.979 bits per heavy atom. The molecule has 0 aliphatic rings. The van der Waals surface area contributed by atoms with Crippen molar-refractivity contribution >= 4 is 76.7 Å². The fourth-order valence-corrected chi connectivity index (χ4v) is 7.85. The molecule has 4 heterocycles. The molecular formula is C44H26N2O2. The van der Waals surface area contributed by atoms with Crippen molar-refractivity contribution in [2.75, 3.05) is 0 Å². The zero-order valence-corrected chi connectivity index (χ0v) is 25.7. The van der Waals surface area contributed by atoms with Crippen LogP contribution in [0.15, 0.2) is 167 Å². The lowest BCUT2D eigenvalue weighted by atomic mass is 10.0. The van der Waals surface area contributed by atoms with Gasteiger partial charge in [-0.25, -0.2) is 0 Å². The number of para-hydroxylation sites is 5. The predicted octanol–water partition coefficient (Wildman–Crippen LogP) is 12.2. The SMILES string of the molecule is c1ccc(-n2c3ccccc3c3c4cccc(-c5ccc6c(c5)oc5cc(-n7c8ccccc8c8ccccc87)ccc56)c4oc32)cc1. The second-order valence-corrected chi connectivity index (χ2v) is 12.5. The van der Waals surface area contributed by atoms with Crippen LogP contribution in [0.5, 0.6) is 0 Å². The smallest absolute Gasteiger partial charge is 0.213 e. The van der Waals surface area contributed by atoms with Gasteiger partial charge in [0.25, 0.3) is 0 Å². The van der Waals surface area contributed by atoms with Crippen LogP contribution in [-0.4, -0.2) is 9.13 Å². The number of rotatable bonds is 3. The molecule has 0 amide bonds. The van der Waals surface area contributed by atoms with Crippen LogP contribution in [0.3, 0.4) is 0 Å². The molecule has 0 N–H and O–H groups in total. The molecule has 0 aliphatic carbocycles. The van der Waals surface area contributed by atoms with Gasteiger partial charge in [0.2, 0.25) is 5.71 Å². The molecule has 0 atom stereocenters. The summed E-state index contributed by atoms with van der Waals surface area (Å²) in [6.45, 7) is 0. The molecule has 0 fully saturated rings. The van der Waals surface area contributed by atoms with Crippen molar-refractivity contribution in [1.82, 2.24) is 9.13 Å². The van der Waals surface area contributed by atoms with Crippen LogP contribution in [0.2, 0.25) is 0 Å². The fourth-order valence-electron chi connectivity index (χ4n) is 7.85. The van der Waals surface area contributed by atoms with Crippen LogP contribution in [0.4, 0.5) is 0 Å². The molecule has 4 nitrogen and oxygen atoms in total. The molecule has 224 valence electrons. The summed E-state index contributed by atoms with van der Waals surface area (Å²) in [5.74, 6) is 0. The Bertz CT molecular complexity index is 3010. The largest absolute Gasteiger partial charge is 0.456 e. The normalized spacial score (nSPS) is 12.2. The molecule has 0 radical (unpaired) electrons. The van der Waals surface area contributed by atoms with Gasteiger partial charge in [0.05, 0.1) is 21.9 Å². The average Bonchev–Trinajstić information content (AvgIpc) is 3.88. The van der Waals surface area contributed by atoms with Gasteiger partial charge >= 0.3 is 0 Å². The Morgan fingerprint density at radius 1 is 0.375 bits per heavy atom. The van der Waals surface area contributed by atoms with E-state index in [1.807, 2.05) is 6.07 Å². The highest BCUT2D eigenvalue weighted by atomic mass is 16.3. The second-order valence-electron chi connectivity index (χ2n) is 12.5. The molecule has 48 heavy (non-hydrogen) atoms. The van der Waals surface area contributed by atoms with Crippen molar-refractivity contribution in [2.24, 2.45) is 0 Å². The summed E-state index contributed by atoms with van der Waals surface area (Å²) in [7, 11) is 0. The summed E-state index contributed by atoms with van der Waals surface area (Å²) in [5.41, 5.74) is 11.2. The van der Waals surface area contributed by atoms with E-state index in [9.17, 15) is 0 Å². The highest BCUT2D eigenvalue weighted by Gasteiger charge is 2.21. The second kappa shape index (κ2) is 9.50. The first-order chi connectivity index (χ1) is 23.8. The zero-order chi connectivity index (χ0) is 31.3. The molecular weight excluding hydrogens is 588 g/mol. The van der Waals surface area contributed by atoms with E-state index in [2.05, 4.69) is 161 Å². The summed E-state index contributed by atoms with van der Waals surface area (Å²) < 4.78 is 18.0. The van der Waals surface area contributed by atoms with E-state index in [4.69, 9.17) is 8.83 Å². The molecule has 4 heteroatoms. The number of furan rings is 2. The quantitative estimate of drug-likeness (QED) is 0.198. The molecule has 11 rings (SSSR count). The van der Waals surface area contributed by atoms with Crippen molar-refractivity contribution in [3.8, 4) is 22.5 Å². The predicted molar refractivity (Wildman–Crippen MR) is 198 cm³/mol. The fraction of sp³-hybridized carbons (Fsp3) is 0. The van der Waals surface area contributed by atoms with Gasteiger partial charge in [-0.3, -0.25) is 4.57 Å². The number of fused-ring (bicyclic) bond motifs is 11.